The summed E-state index contributed by atoms with van der Waals surface area (Å²) in [6, 6.07) is 7.48. The Hall–Kier alpha value is -1.79. The summed E-state index contributed by atoms with van der Waals surface area (Å²) >= 11 is 6.02. The van der Waals surface area contributed by atoms with E-state index in [4.69, 9.17) is 16.7 Å². The van der Waals surface area contributed by atoms with Gasteiger partial charge in [-0.05, 0) is 50.9 Å². The molecule has 3 N–H and O–H groups in total. The summed E-state index contributed by atoms with van der Waals surface area (Å²) in [6.07, 6.45) is 1.54. The minimum absolute atomic E-state index is 0.0435. The minimum atomic E-state index is -0.820. The maximum Gasteiger partial charge on any atom is 0.317 e. The first-order valence-corrected chi connectivity index (χ1v) is 8.89. The van der Waals surface area contributed by atoms with Crippen molar-refractivity contribution in [3.05, 3.63) is 34.9 Å². The second-order valence-electron chi connectivity index (χ2n) is 7.01. The zero-order chi connectivity index (χ0) is 18.6. The predicted molar refractivity (Wildman–Crippen MR) is 97.8 cm³/mol. The van der Waals surface area contributed by atoms with Crippen molar-refractivity contribution in [2.24, 2.45) is 0 Å². The first-order chi connectivity index (χ1) is 11.7. The number of aliphatic carboxylic acids is 1. The van der Waals surface area contributed by atoms with E-state index in [0.29, 0.717) is 11.6 Å². The molecule has 1 aromatic carbocycles. The zero-order valence-electron chi connectivity index (χ0n) is 14.9. The third-order valence-corrected chi connectivity index (χ3v) is 4.92. The highest BCUT2D eigenvalue weighted by Crippen LogP contribution is 2.26. The third-order valence-electron chi connectivity index (χ3n) is 4.68. The van der Waals surface area contributed by atoms with Crippen LogP contribution in [0.2, 0.25) is 5.02 Å². The Morgan fingerprint density at radius 2 is 2.04 bits per heavy atom. The number of amides is 2. The number of hydrogen-bond donors (Lipinski definition) is 3. The maximum absolute atomic E-state index is 12.3. The van der Waals surface area contributed by atoms with Gasteiger partial charge in [0.05, 0.1) is 12.1 Å². The molecular formula is C18H26ClN3O3. The van der Waals surface area contributed by atoms with Gasteiger partial charge in [0.2, 0.25) is 0 Å². The number of carbonyl (C=O) groups excluding carboxylic acids is 1. The SMILES string of the molecule is CCN(CC(=O)O)C1CC(NC(=O)NC(C)(C)c2cccc(Cl)c2)C1. The summed E-state index contributed by atoms with van der Waals surface area (Å²) in [5, 5.41) is 15.5. The lowest BCUT2D eigenvalue weighted by Crippen LogP contribution is -2.57. The van der Waals surface area contributed by atoms with E-state index in [1.807, 2.05) is 43.9 Å². The van der Waals surface area contributed by atoms with Crippen LogP contribution in [0.1, 0.15) is 39.2 Å². The fourth-order valence-corrected chi connectivity index (χ4v) is 3.32. The van der Waals surface area contributed by atoms with Crippen LogP contribution in [0.5, 0.6) is 0 Å². The summed E-state index contributed by atoms with van der Waals surface area (Å²) in [7, 11) is 0. The third kappa shape index (κ3) is 5.34. The molecule has 1 aliphatic rings. The molecular weight excluding hydrogens is 342 g/mol. The van der Waals surface area contributed by atoms with Crippen LogP contribution in [0, 0.1) is 0 Å². The Morgan fingerprint density at radius 1 is 1.36 bits per heavy atom. The van der Waals surface area contributed by atoms with Crippen LogP contribution in [0.25, 0.3) is 0 Å². The zero-order valence-corrected chi connectivity index (χ0v) is 15.6. The molecule has 0 radical (unpaired) electrons. The molecule has 1 fully saturated rings. The second-order valence-corrected chi connectivity index (χ2v) is 7.45. The number of urea groups is 1. The molecule has 0 heterocycles. The van der Waals surface area contributed by atoms with Gasteiger partial charge in [-0.25, -0.2) is 4.79 Å². The lowest BCUT2D eigenvalue weighted by atomic mass is 9.85. The Bertz CT molecular complexity index is 630. The van der Waals surface area contributed by atoms with Gasteiger partial charge in [0.25, 0.3) is 0 Å². The normalized spacial score (nSPS) is 20.0. The van der Waals surface area contributed by atoms with Crippen LogP contribution in [0.3, 0.4) is 0 Å². The van der Waals surface area contributed by atoms with Gasteiger partial charge in [0.1, 0.15) is 0 Å². The number of benzene rings is 1. The van der Waals surface area contributed by atoms with Crippen molar-refractivity contribution < 1.29 is 14.7 Å². The van der Waals surface area contributed by atoms with Crippen LogP contribution in [0.15, 0.2) is 24.3 Å². The number of carbonyl (C=O) groups is 2. The molecule has 0 atom stereocenters. The van der Waals surface area contributed by atoms with E-state index >= 15 is 0 Å². The van der Waals surface area contributed by atoms with Crippen LogP contribution < -0.4 is 10.6 Å². The maximum atomic E-state index is 12.3. The molecule has 6 nitrogen and oxygen atoms in total. The van der Waals surface area contributed by atoms with Crippen molar-refractivity contribution in [1.82, 2.24) is 15.5 Å². The van der Waals surface area contributed by atoms with Gasteiger partial charge < -0.3 is 15.7 Å². The van der Waals surface area contributed by atoms with E-state index in [9.17, 15) is 9.59 Å². The molecule has 1 aliphatic carbocycles. The predicted octanol–water partition coefficient (Wildman–Crippen LogP) is 2.81. The average Bonchev–Trinajstić information content (AvgIpc) is 2.48. The quantitative estimate of drug-likeness (QED) is 0.692. The molecule has 7 heteroatoms. The van der Waals surface area contributed by atoms with E-state index in [1.54, 1.807) is 6.07 Å². The van der Waals surface area contributed by atoms with Gasteiger partial charge in [-0.3, -0.25) is 9.69 Å². The van der Waals surface area contributed by atoms with Crippen LogP contribution in [-0.4, -0.2) is 47.2 Å². The van der Waals surface area contributed by atoms with Crippen LogP contribution in [0.4, 0.5) is 4.79 Å². The van der Waals surface area contributed by atoms with E-state index in [1.165, 1.54) is 0 Å². The first kappa shape index (κ1) is 19.5. The van der Waals surface area contributed by atoms with Crippen molar-refractivity contribution in [2.45, 2.75) is 51.2 Å². The molecule has 2 rings (SSSR count). The van der Waals surface area contributed by atoms with E-state index in [0.717, 1.165) is 18.4 Å². The summed E-state index contributed by atoms with van der Waals surface area (Å²) in [6.45, 7) is 6.53. The molecule has 0 unspecified atom stereocenters. The number of likely N-dealkylation sites (N-methyl/N-ethyl adjacent to an activating group) is 1. The van der Waals surface area contributed by atoms with Crippen molar-refractivity contribution in [3.63, 3.8) is 0 Å². The minimum Gasteiger partial charge on any atom is -0.480 e. The Balaban J connectivity index is 1.83. The molecule has 138 valence electrons. The van der Waals surface area contributed by atoms with Gasteiger partial charge in [0, 0.05) is 17.1 Å². The summed E-state index contributed by atoms with van der Waals surface area (Å²) < 4.78 is 0. The highest BCUT2D eigenvalue weighted by atomic mass is 35.5. The molecule has 0 spiro atoms. The van der Waals surface area contributed by atoms with Gasteiger partial charge in [-0.1, -0.05) is 30.7 Å². The highest BCUT2D eigenvalue weighted by molar-refractivity contribution is 6.30. The first-order valence-electron chi connectivity index (χ1n) is 8.52. The molecule has 25 heavy (non-hydrogen) atoms. The number of nitrogens with zero attached hydrogens (tertiary/aromatic N) is 1. The summed E-state index contributed by atoms with van der Waals surface area (Å²) in [5.74, 6) is -0.820. The van der Waals surface area contributed by atoms with Gasteiger partial charge in [0.15, 0.2) is 0 Å². The number of rotatable bonds is 7. The van der Waals surface area contributed by atoms with E-state index in [-0.39, 0.29) is 24.7 Å². The molecule has 1 saturated carbocycles. The number of halogens is 1. The molecule has 1 aromatic rings. The monoisotopic (exact) mass is 367 g/mol. The molecule has 0 aromatic heterocycles. The number of nitrogens with one attached hydrogen (secondary N) is 2. The smallest absolute Gasteiger partial charge is 0.317 e. The lowest BCUT2D eigenvalue weighted by Gasteiger charge is -2.42. The van der Waals surface area contributed by atoms with Crippen LogP contribution in [-0.2, 0) is 10.3 Å². The van der Waals surface area contributed by atoms with Crippen molar-refractivity contribution in [2.75, 3.05) is 13.1 Å². The average molecular weight is 368 g/mol. The molecule has 0 aliphatic heterocycles. The van der Waals surface area contributed by atoms with Gasteiger partial charge in [-0.2, -0.15) is 0 Å². The standard InChI is InChI=1S/C18H26ClN3O3/c1-4-22(11-16(23)24)15-9-14(10-15)20-17(25)21-18(2,3)12-6-5-7-13(19)8-12/h5-8,14-15H,4,9-11H2,1-3H3,(H,23,24)(H2,20,21,25). The number of carboxylic acid groups (broad SMARTS) is 1. The van der Waals surface area contributed by atoms with Gasteiger partial charge in [-0.15, -0.1) is 0 Å². The fourth-order valence-electron chi connectivity index (χ4n) is 3.13. The second kappa shape index (κ2) is 8.06. The fraction of sp³-hybridized carbons (Fsp3) is 0.556. The van der Waals surface area contributed by atoms with Crippen molar-refractivity contribution in [3.8, 4) is 0 Å². The summed E-state index contributed by atoms with van der Waals surface area (Å²) in [5.41, 5.74) is 0.386. The van der Waals surface area contributed by atoms with Crippen molar-refractivity contribution in [1.29, 1.82) is 0 Å². The Kier molecular flexibility index (Phi) is 6.30. The van der Waals surface area contributed by atoms with Crippen LogP contribution >= 0.6 is 11.6 Å². The van der Waals surface area contributed by atoms with E-state index in [2.05, 4.69) is 10.6 Å². The largest absolute Gasteiger partial charge is 0.480 e. The Labute approximate surface area is 153 Å². The van der Waals surface area contributed by atoms with E-state index < -0.39 is 11.5 Å². The lowest BCUT2D eigenvalue weighted by molar-refractivity contribution is -0.139. The van der Waals surface area contributed by atoms with Crippen molar-refractivity contribution >= 4 is 23.6 Å². The topological polar surface area (TPSA) is 81.7 Å². The van der Waals surface area contributed by atoms with Gasteiger partial charge >= 0.3 is 12.0 Å². The number of carboxylic acids is 1. The number of hydrogen-bond acceptors (Lipinski definition) is 3. The molecule has 0 bridgehead atoms. The molecule has 2 amide bonds. The highest BCUT2D eigenvalue weighted by Gasteiger charge is 2.35. The molecule has 0 saturated heterocycles. The Morgan fingerprint density at radius 3 is 2.60 bits per heavy atom. The summed E-state index contributed by atoms with van der Waals surface area (Å²) in [4.78, 5) is 25.1.